The van der Waals surface area contributed by atoms with Crippen molar-refractivity contribution in [2.24, 2.45) is 0 Å². The quantitative estimate of drug-likeness (QED) is 0.552. The van der Waals surface area contributed by atoms with Crippen molar-refractivity contribution in [2.75, 3.05) is 16.4 Å². The van der Waals surface area contributed by atoms with Crippen LogP contribution in [0.5, 0.6) is 0 Å². The van der Waals surface area contributed by atoms with E-state index in [1.165, 1.54) is 0 Å². The molecule has 0 saturated carbocycles. The van der Waals surface area contributed by atoms with E-state index < -0.39 is 0 Å². The molecule has 0 spiro atoms. The number of hydrogen-bond donors (Lipinski definition) is 4. The standard InChI is InChI=1S/C15H15N5O2/c16-15-17-14(11-4-2-1-3-5-11)10-19(15)18-12-6-8-13(9-7-12)20(21)22/h1-10,18,21-22H,(H2,16,17). The summed E-state index contributed by atoms with van der Waals surface area (Å²) in [7, 11) is 0. The molecule has 0 bridgehead atoms. The van der Waals surface area contributed by atoms with E-state index in [0.29, 0.717) is 5.95 Å². The van der Waals surface area contributed by atoms with Crippen molar-refractivity contribution in [1.29, 1.82) is 0 Å². The average molecular weight is 297 g/mol. The first-order valence-electron chi connectivity index (χ1n) is 6.59. The van der Waals surface area contributed by atoms with Crippen molar-refractivity contribution < 1.29 is 10.4 Å². The van der Waals surface area contributed by atoms with Crippen LogP contribution in [0.4, 0.5) is 17.3 Å². The van der Waals surface area contributed by atoms with Gasteiger partial charge in [0.2, 0.25) is 5.95 Å². The molecule has 5 N–H and O–H groups in total. The highest BCUT2D eigenvalue weighted by Crippen LogP contribution is 2.21. The molecule has 3 rings (SSSR count). The summed E-state index contributed by atoms with van der Waals surface area (Å²) in [5.74, 6) is 0.328. The van der Waals surface area contributed by atoms with Gasteiger partial charge in [-0.05, 0) is 24.3 Å². The Hall–Kier alpha value is -3.03. The van der Waals surface area contributed by atoms with Gasteiger partial charge in [0, 0.05) is 5.56 Å². The van der Waals surface area contributed by atoms with Crippen LogP contribution >= 0.6 is 0 Å². The highest BCUT2D eigenvalue weighted by molar-refractivity contribution is 5.61. The van der Waals surface area contributed by atoms with Crippen LogP contribution in [-0.2, 0) is 0 Å². The Labute approximate surface area is 126 Å². The zero-order valence-electron chi connectivity index (χ0n) is 11.6. The van der Waals surface area contributed by atoms with Crippen molar-refractivity contribution in [1.82, 2.24) is 9.66 Å². The first kappa shape index (κ1) is 13.9. The van der Waals surface area contributed by atoms with Crippen LogP contribution in [0, 0.1) is 0 Å². The Morgan fingerprint density at radius 3 is 2.32 bits per heavy atom. The number of nitrogens with zero attached hydrogens (tertiary/aromatic N) is 3. The molecule has 3 aromatic rings. The Kier molecular flexibility index (Phi) is 3.65. The van der Waals surface area contributed by atoms with Crippen LogP contribution in [-0.4, -0.2) is 20.1 Å². The molecule has 0 aliphatic heterocycles. The molecule has 0 atom stereocenters. The molecule has 0 saturated heterocycles. The topological polar surface area (TPSA) is 99.6 Å². The Bertz CT molecular complexity index is 753. The van der Waals surface area contributed by atoms with Crippen molar-refractivity contribution in [3.63, 3.8) is 0 Å². The second kappa shape index (κ2) is 5.76. The summed E-state index contributed by atoms with van der Waals surface area (Å²) >= 11 is 0. The molecule has 1 heterocycles. The fourth-order valence-corrected chi connectivity index (χ4v) is 2.04. The molecule has 0 aliphatic rings. The number of aromatic nitrogens is 2. The Morgan fingerprint density at radius 2 is 1.68 bits per heavy atom. The number of nitrogen functional groups attached to an aromatic ring is 1. The van der Waals surface area contributed by atoms with Gasteiger partial charge < -0.3 is 5.73 Å². The van der Waals surface area contributed by atoms with Crippen LogP contribution in [0.3, 0.4) is 0 Å². The Morgan fingerprint density at radius 1 is 1.00 bits per heavy atom. The molecule has 0 radical (unpaired) electrons. The van der Waals surface area contributed by atoms with Gasteiger partial charge in [0.1, 0.15) is 0 Å². The van der Waals surface area contributed by atoms with Gasteiger partial charge in [-0.2, -0.15) is 0 Å². The van der Waals surface area contributed by atoms with E-state index in [0.717, 1.165) is 16.9 Å². The molecule has 22 heavy (non-hydrogen) atoms. The maximum atomic E-state index is 8.91. The van der Waals surface area contributed by atoms with E-state index in [1.807, 2.05) is 30.3 Å². The zero-order chi connectivity index (χ0) is 15.5. The summed E-state index contributed by atoms with van der Waals surface area (Å²) in [5.41, 5.74) is 11.7. The lowest BCUT2D eigenvalue weighted by Gasteiger charge is -2.11. The molecule has 0 aliphatic carbocycles. The predicted octanol–water partition coefficient (Wildman–Crippen LogP) is 2.59. The van der Waals surface area contributed by atoms with E-state index in [4.69, 9.17) is 16.1 Å². The van der Waals surface area contributed by atoms with Gasteiger partial charge in [-0.3, -0.25) is 15.8 Å². The summed E-state index contributed by atoms with van der Waals surface area (Å²) in [6.45, 7) is 0. The summed E-state index contributed by atoms with van der Waals surface area (Å²) in [4.78, 5) is 4.31. The normalized spacial score (nSPS) is 10.5. The summed E-state index contributed by atoms with van der Waals surface area (Å²) < 4.78 is 1.60. The third-order valence-electron chi connectivity index (χ3n) is 3.15. The molecule has 7 nitrogen and oxygen atoms in total. The van der Waals surface area contributed by atoms with Gasteiger partial charge >= 0.3 is 0 Å². The van der Waals surface area contributed by atoms with Gasteiger partial charge in [0.15, 0.2) is 0 Å². The molecule has 0 unspecified atom stereocenters. The highest BCUT2D eigenvalue weighted by atomic mass is 16.8. The first-order valence-corrected chi connectivity index (χ1v) is 6.59. The highest BCUT2D eigenvalue weighted by Gasteiger charge is 2.07. The predicted molar refractivity (Wildman–Crippen MR) is 83.6 cm³/mol. The maximum Gasteiger partial charge on any atom is 0.220 e. The molecular formula is C15H15N5O2. The van der Waals surface area contributed by atoms with Crippen molar-refractivity contribution in [3.8, 4) is 11.3 Å². The van der Waals surface area contributed by atoms with E-state index in [-0.39, 0.29) is 10.9 Å². The van der Waals surface area contributed by atoms with Crippen LogP contribution in [0.15, 0.2) is 60.8 Å². The molecule has 1 aromatic heterocycles. The molecule has 112 valence electrons. The number of benzene rings is 2. The van der Waals surface area contributed by atoms with Crippen molar-refractivity contribution in [3.05, 3.63) is 60.8 Å². The SMILES string of the molecule is Nc1nc(-c2ccccc2)cn1Nc1ccc(N(O)O)cc1. The minimum Gasteiger partial charge on any atom is -0.368 e. The number of rotatable bonds is 4. The fraction of sp³-hybridized carbons (Fsp3) is 0. The van der Waals surface area contributed by atoms with Gasteiger partial charge in [0.25, 0.3) is 0 Å². The van der Waals surface area contributed by atoms with Crippen molar-refractivity contribution >= 4 is 17.3 Å². The van der Waals surface area contributed by atoms with Crippen LogP contribution in [0.25, 0.3) is 11.3 Å². The number of nitrogens with two attached hydrogens (primary N) is 1. The van der Waals surface area contributed by atoms with Gasteiger partial charge in [-0.15, -0.1) is 5.23 Å². The summed E-state index contributed by atoms with van der Waals surface area (Å²) in [6.07, 6.45) is 1.79. The fourth-order valence-electron chi connectivity index (χ4n) is 2.04. The average Bonchev–Trinajstić information content (AvgIpc) is 2.90. The molecule has 0 amide bonds. The number of nitrogens with one attached hydrogen (secondary N) is 1. The number of imidazole rings is 1. The monoisotopic (exact) mass is 297 g/mol. The largest absolute Gasteiger partial charge is 0.368 e. The van der Waals surface area contributed by atoms with E-state index >= 15 is 0 Å². The third kappa shape index (κ3) is 2.85. The zero-order valence-corrected chi connectivity index (χ0v) is 11.6. The molecule has 7 heteroatoms. The lowest BCUT2D eigenvalue weighted by Crippen LogP contribution is -2.12. The van der Waals surface area contributed by atoms with Gasteiger partial charge in [-0.1, -0.05) is 30.3 Å². The smallest absolute Gasteiger partial charge is 0.220 e. The van der Waals surface area contributed by atoms with Crippen LogP contribution in [0.2, 0.25) is 0 Å². The van der Waals surface area contributed by atoms with Crippen LogP contribution in [0.1, 0.15) is 0 Å². The van der Waals surface area contributed by atoms with Crippen molar-refractivity contribution in [2.45, 2.75) is 0 Å². The van der Waals surface area contributed by atoms with Gasteiger partial charge in [0.05, 0.1) is 23.3 Å². The maximum absolute atomic E-state index is 8.91. The van der Waals surface area contributed by atoms with E-state index in [1.54, 1.807) is 35.1 Å². The third-order valence-corrected chi connectivity index (χ3v) is 3.15. The van der Waals surface area contributed by atoms with Gasteiger partial charge in [-0.25, -0.2) is 9.66 Å². The molecule has 2 aromatic carbocycles. The summed E-state index contributed by atoms with van der Waals surface area (Å²) in [5, 5.41) is 17.9. The lowest BCUT2D eigenvalue weighted by molar-refractivity contribution is 0.0292. The molecular weight excluding hydrogens is 282 g/mol. The second-order valence-electron chi connectivity index (χ2n) is 4.67. The summed E-state index contributed by atoms with van der Waals surface area (Å²) in [6, 6.07) is 16.2. The van der Waals surface area contributed by atoms with E-state index in [9.17, 15) is 0 Å². The second-order valence-corrected chi connectivity index (χ2v) is 4.67. The minimum absolute atomic E-state index is 0.0584. The Balaban J connectivity index is 1.82. The lowest BCUT2D eigenvalue weighted by atomic mass is 10.2. The van der Waals surface area contributed by atoms with Crippen LogP contribution < -0.4 is 16.4 Å². The van der Waals surface area contributed by atoms with E-state index in [2.05, 4.69) is 10.4 Å². The number of hydrogen-bond acceptors (Lipinski definition) is 6. The number of anilines is 3. The minimum atomic E-state index is 0.0584. The molecule has 0 fully saturated rings. The first-order chi connectivity index (χ1) is 10.6.